The van der Waals surface area contributed by atoms with Gasteiger partial charge in [0.25, 0.3) is 11.8 Å². The summed E-state index contributed by atoms with van der Waals surface area (Å²) >= 11 is 0. The standard InChI is InChI=1S/C18H28N2O4/c1-12(2)9-20(10-13(3)4)17(21)11-24-16-8-14(23-5)6-7-15(16)18(19)22/h6-8,12-13H,9-11H2,1-5H3,(H2,19,22). The third-order valence-electron chi connectivity index (χ3n) is 3.33. The molecule has 0 aliphatic heterocycles. The average molecular weight is 336 g/mol. The van der Waals surface area contributed by atoms with Gasteiger partial charge in [0, 0.05) is 19.2 Å². The summed E-state index contributed by atoms with van der Waals surface area (Å²) in [5.41, 5.74) is 5.57. The van der Waals surface area contributed by atoms with Gasteiger partial charge in [0.1, 0.15) is 11.5 Å². The molecule has 0 bridgehead atoms. The number of carbonyl (C=O) groups excluding carboxylic acids is 2. The van der Waals surface area contributed by atoms with E-state index in [0.717, 1.165) is 0 Å². The lowest BCUT2D eigenvalue weighted by Crippen LogP contribution is -2.40. The Morgan fingerprint density at radius 1 is 1.12 bits per heavy atom. The molecule has 6 nitrogen and oxygen atoms in total. The number of carbonyl (C=O) groups is 2. The molecule has 0 spiro atoms. The SMILES string of the molecule is COc1ccc(C(N)=O)c(OCC(=O)N(CC(C)C)CC(C)C)c1. The van der Waals surface area contributed by atoms with Gasteiger partial charge in [0.15, 0.2) is 6.61 Å². The maximum Gasteiger partial charge on any atom is 0.260 e. The van der Waals surface area contributed by atoms with Crippen molar-refractivity contribution in [2.24, 2.45) is 17.6 Å². The van der Waals surface area contributed by atoms with Crippen molar-refractivity contribution in [1.29, 1.82) is 0 Å². The number of primary amides is 1. The molecule has 0 aliphatic rings. The van der Waals surface area contributed by atoms with Gasteiger partial charge in [-0.2, -0.15) is 0 Å². The second-order valence-corrected chi connectivity index (χ2v) is 6.60. The van der Waals surface area contributed by atoms with Gasteiger partial charge < -0.3 is 20.1 Å². The molecule has 1 aromatic carbocycles. The van der Waals surface area contributed by atoms with Crippen LogP contribution in [0.5, 0.6) is 11.5 Å². The highest BCUT2D eigenvalue weighted by atomic mass is 16.5. The van der Waals surface area contributed by atoms with E-state index in [1.54, 1.807) is 17.0 Å². The second kappa shape index (κ2) is 9.15. The highest BCUT2D eigenvalue weighted by Gasteiger charge is 2.18. The number of nitrogens with zero attached hydrogens (tertiary/aromatic N) is 1. The first-order valence-electron chi connectivity index (χ1n) is 8.13. The lowest BCUT2D eigenvalue weighted by Gasteiger charge is -2.26. The number of amides is 2. The Kier molecular flexibility index (Phi) is 7.55. The first kappa shape index (κ1) is 19.8. The maximum absolute atomic E-state index is 12.5. The Labute approximate surface area is 143 Å². The average Bonchev–Trinajstić information content (AvgIpc) is 2.50. The Morgan fingerprint density at radius 3 is 2.17 bits per heavy atom. The summed E-state index contributed by atoms with van der Waals surface area (Å²) in [5.74, 6) is 0.793. The summed E-state index contributed by atoms with van der Waals surface area (Å²) in [6.07, 6.45) is 0. The fourth-order valence-electron chi connectivity index (χ4n) is 2.34. The van der Waals surface area contributed by atoms with Gasteiger partial charge in [0.05, 0.1) is 12.7 Å². The van der Waals surface area contributed by atoms with Gasteiger partial charge in [-0.15, -0.1) is 0 Å². The first-order chi connectivity index (χ1) is 11.2. The molecular formula is C18H28N2O4. The number of hydrogen-bond donors (Lipinski definition) is 1. The molecule has 1 aromatic rings. The molecule has 0 aliphatic carbocycles. The molecule has 0 fully saturated rings. The number of hydrogen-bond acceptors (Lipinski definition) is 4. The Hall–Kier alpha value is -2.24. The predicted molar refractivity (Wildman–Crippen MR) is 93.3 cm³/mol. The van der Waals surface area contributed by atoms with Crippen molar-refractivity contribution >= 4 is 11.8 Å². The van der Waals surface area contributed by atoms with E-state index in [2.05, 4.69) is 27.7 Å². The number of rotatable bonds is 9. The van der Waals surface area contributed by atoms with Gasteiger partial charge in [-0.3, -0.25) is 9.59 Å². The molecule has 0 unspecified atom stereocenters. The molecular weight excluding hydrogens is 308 g/mol. The van der Waals surface area contributed by atoms with E-state index in [9.17, 15) is 9.59 Å². The van der Waals surface area contributed by atoms with Crippen LogP contribution in [0.1, 0.15) is 38.1 Å². The fraction of sp³-hybridized carbons (Fsp3) is 0.556. The van der Waals surface area contributed by atoms with E-state index in [-0.39, 0.29) is 23.8 Å². The molecule has 24 heavy (non-hydrogen) atoms. The number of ether oxygens (including phenoxy) is 2. The van der Waals surface area contributed by atoms with Crippen molar-refractivity contribution in [2.45, 2.75) is 27.7 Å². The maximum atomic E-state index is 12.5. The minimum atomic E-state index is -0.610. The zero-order valence-corrected chi connectivity index (χ0v) is 15.2. The van der Waals surface area contributed by atoms with Crippen molar-refractivity contribution in [3.05, 3.63) is 23.8 Å². The monoisotopic (exact) mass is 336 g/mol. The summed E-state index contributed by atoms with van der Waals surface area (Å²) in [6, 6.07) is 4.71. The van der Waals surface area contributed by atoms with Crippen molar-refractivity contribution in [3.8, 4) is 11.5 Å². The van der Waals surface area contributed by atoms with Crippen LogP contribution in [0.25, 0.3) is 0 Å². The summed E-state index contributed by atoms with van der Waals surface area (Å²) in [4.78, 5) is 25.8. The fourth-order valence-corrected chi connectivity index (χ4v) is 2.34. The highest BCUT2D eigenvalue weighted by molar-refractivity contribution is 5.96. The third kappa shape index (κ3) is 6.10. The summed E-state index contributed by atoms with van der Waals surface area (Å²) in [7, 11) is 1.52. The van der Waals surface area contributed by atoms with Crippen LogP contribution >= 0.6 is 0 Å². The van der Waals surface area contributed by atoms with E-state index < -0.39 is 5.91 Å². The minimum Gasteiger partial charge on any atom is -0.497 e. The molecule has 6 heteroatoms. The van der Waals surface area contributed by atoms with Crippen molar-refractivity contribution in [2.75, 3.05) is 26.8 Å². The zero-order valence-electron chi connectivity index (χ0n) is 15.2. The number of methoxy groups -OCH3 is 1. The molecule has 0 saturated carbocycles. The largest absolute Gasteiger partial charge is 0.497 e. The van der Waals surface area contributed by atoms with Crippen LogP contribution in [-0.2, 0) is 4.79 Å². The zero-order chi connectivity index (χ0) is 18.3. The quantitative estimate of drug-likeness (QED) is 0.750. The van der Waals surface area contributed by atoms with Gasteiger partial charge in [-0.05, 0) is 24.0 Å². The van der Waals surface area contributed by atoms with E-state index in [1.165, 1.54) is 13.2 Å². The van der Waals surface area contributed by atoms with E-state index in [0.29, 0.717) is 30.7 Å². The van der Waals surface area contributed by atoms with Crippen molar-refractivity contribution in [3.63, 3.8) is 0 Å². The molecule has 1 rings (SSSR count). The van der Waals surface area contributed by atoms with Crippen LogP contribution in [0.15, 0.2) is 18.2 Å². The lowest BCUT2D eigenvalue weighted by molar-refractivity contribution is -0.134. The Balaban J connectivity index is 2.85. The molecule has 0 atom stereocenters. The van der Waals surface area contributed by atoms with Crippen LogP contribution in [0.2, 0.25) is 0 Å². The third-order valence-corrected chi connectivity index (χ3v) is 3.33. The molecule has 0 saturated heterocycles. The molecule has 2 N–H and O–H groups in total. The number of nitrogens with two attached hydrogens (primary N) is 1. The molecule has 134 valence electrons. The van der Waals surface area contributed by atoms with E-state index in [1.807, 2.05) is 0 Å². The van der Waals surface area contributed by atoms with Crippen LogP contribution in [0.3, 0.4) is 0 Å². The van der Waals surface area contributed by atoms with Crippen LogP contribution in [-0.4, -0.2) is 43.5 Å². The van der Waals surface area contributed by atoms with Gasteiger partial charge in [-0.1, -0.05) is 27.7 Å². The Bertz CT molecular complexity index is 560. The van der Waals surface area contributed by atoms with Gasteiger partial charge in [0.2, 0.25) is 0 Å². The molecule has 0 aromatic heterocycles. The van der Waals surface area contributed by atoms with E-state index in [4.69, 9.17) is 15.2 Å². The van der Waals surface area contributed by atoms with Crippen LogP contribution in [0, 0.1) is 11.8 Å². The second-order valence-electron chi connectivity index (χ2n) is 6.60. The summed E-state index contributed by atoms with van der Waals surface area (Å²) < 4.78 is 10.7. The van der Waals surface area contributed by atoms with Crippen molar-refractivity contribution in [1.82, 2.24) is 4.90 Å². The number of benzene rings is 1. The topological polar surface area (TPSA) is 81.9 Å². The predicted octanol–water partition coefficient (Wildman–Crippen LogP) is 2.31. The minimum absolute atomic E-state index is 0.115. The van der Waals surface area contributed by atoms with Gasteiger partial charge >= 0.3 is 0 Å². The molecule has 0 heterocycles. The highest BCUT2D eigenvalue weighted by Crippen LogP contribution is 2.24. The first-order valence-corrected chi connectivity index (χ1v) is 8.13. The molecule has 2 amide bonds. The summed E-state index contributed by atoms with van der Waals surface area (Å²) in [5, 5.41) is 0. The normalized spacial score (nSPS) is 10.8. The van der Waals surface area contributed by atoms with E-state index >= 15 is 0 Å². The lowest BCUT2D eigenvalue weighted by atomic mass is 10.1. The Morgan fingerprint density at radius 2 is 1.71 bits per heavy atom. The van der Waals surface area contributed by atoms with Crippen LogP contribution in [0.4, 0.5) is 0 Å². The van der Waals surface area contributed by atoms with Gasteiger partial charge in [-0.25, -0.2) is 0 Å². The van der Waals surface area contributed by atoms with Crippen LogP contribution < -0.4 is 15.2 Å². The smallest absolute Gasteiger partial charge is 0.260 e. The summed E-state index contributed by atoms with van der Waals surface area (Å²) in [6.45, 7) is 9.45. The van der Waals surface area contributed by atoms with Crippen molar-refractivity contribution < 1.29 is 19.1 Å². The molecule has 0 radical (unpaired) electrons.